The number of ether oxygens (including phenoxy) is 2. The lowest BCUT2D eigenvalue weighted by Crippen LogP contribution is -2.53. The van der Waals surface area contributed by atoms with E-state index >= 15 is 0 Å². The van der Waals surface area contributed by atoms with Crippen molar-refractivity contribution in [2.24, 2.45) is 0 Å². The monoisotopic (exact) mass is 501 g/mol. The highest BCUT2D eigenvalue weighted by molar-refractivity contribution is 5.94. The number of carbonyl (C=O) groups is 4. The van der Waals surface area contributed by atoms with Crippen molar-refractivity contribution in [1.82, 2.24) is 14.8 Å². The van der Waals surface area contributed by atoms with Crippen molar-refractivity contribution in [1.29, 1.82) is 0 Å². The smallest absolute Gasteiger partial charge is 0.419 e. The summed E-state index contributed by atoms with van der Waals surface area (Å²) in [6.07, 6.45) is 1.16. The zero-order valence-electron chi connectivity index (χ0n) is 21.7. The van der Waals surface area contributed by atoms with Gasteiger partial charge in [-0.15, -0.1) is 0 Å². The van der Waals surface area contributed by atoms with Crippen LogP contribution in [-0.4, -0.2) is 68.5 Å². The number of rotatable bonds is 5. The molecule has 1 aromatic heterocycles. The lowest BCUT2D eigenvalue weighted by atomic mass is 10.0. The third kappa shape index (κ3) is 6.56. The van der Waals surface area contributed by atoms with Crippen LogP contribution in [0.3, 0.4) is 0 Å². The summed E-state index contributed by atoms with van der Waals surface area (Å²) in [6.45, 7) is 10.7. The normalized spacial score (nSPS) is 17.1. The zero-order valence-corrected chi connectivity index (χ0v) is 21.7. The first-order chi connectivity index (χ1) is 16.7. The number of carboxylic acids is 1. The predicted octanol–water partition coefficient (Wildman–Crippen LogP) is 3.94. The average Bonchev–Trinajstić information content (AvgIpc) is 3.36. The Morgan fingerprint density at radius 2 is 1.69 bits per heavy atom. The Hall–Kier alpha value is -3.56. The van der Waals surface area contributed by atoms with Gasteiger partial charge in [0, 0.05) is 24.5 Å². The number of para-hydroxylation sites is 1. The molecule has 196 valence electrons. The number of hydrogen-bond acceptors (Lipinski definition) is 6. The van der Waals surface area contributed by atoms with E-state index in [9.17, 15) is 24.3 Å². The van der Waals surface area contributed by atoms with E-state index in [1.54, 1.807) is 59.9 Å². The van der Waals surface area contributed by atoms with E-state index < -0.39 is 47.3 Å². The minimum absolute atomic E-state index is 0.0250. The van der Waals surface area contributed by atoms with E-state index in [1.807, 2.05) is 12.1 Å². The third-order valence-electron chi connectivity index (χ3n) is 5.62. The SMILES string of the molecule is CC(C)(C)OC(=O)N[C@@H](Cc1cn(C(=O)OC(C)(C)C)c2ccccc12)C(=O)N1CCC[C@H]1C(=O)O. The van der Waals surface area contributed by atoms with E-state index in [-0.39, 0.29) is 13.0 Å². The van der Waals surface area contributed by atoms with Gasteiger partial charge in [-0.1, -0.05) is 18.2 Å². The van der Waals surface area contributed by atoms with E-state index in [0.29, 0.717) is 29.3 Å². The largest absolute Gasteiger partial charge is 0.480 e. The summed E-state index contributed by atoms with van der Waals surface area (Å²) in [5.41, 5.74) is -0.283. The van der Waals surface area contributed by atoms with Crippen LogP contribution in [0.2, 0.25) is 0 Å². The van der Waals surface area contributed by atoms with Crippen molar-refractivity contribution in [3.63, 3.8) is 0 Å². The molecule has 2 amide bonds. The molecule has 0 saturated carbocycles. The van der Waals surface area contributed by atoms with Gasteiger partial charge >= 0.3 is 18.2 Å². The third-order valence-corrected chi connectivity index (χ3v) is 5.62. The number of fused-ring (bicyclic) bond motifs is 1. The van der Waals surface area contributed by atoms with Crippen LogP contribution in [0.5, 0.6) is 0 Å². The molecule has 2 atom stereocenters. The van der Waals surface area contributed by atoms with Crippen molar-refractivity contribution in [3.05, 3.63) is 36.0 Å². The molecule has 1 aliphatic heterocycles. The lowest BCUT2D eigenvalue weighted by Gasteiger charge is -2.28. The summed E-state index contributed by atoms with van der Waals surface area (Å²) < 4.78 is 12.3. The Labute approximate surface area is 210 Å². The number of amides is 2. The number of likely N-dealkylation sites (tertiary alicyclic amines) is 1. The Morgan fingerprint density at radius 1 is 1.06 bits per heavy atom. The molecule has 2 aromatic rings. The molecular weight excluding hydrogens is 466 g/mol. The molecule has 2 heterocycles. The van der Waals surface area contributed by atoms with Crippen LogP contribution in [-0.2, 0) is 25.5 Å². The Kier molecular flexibility index (Phi) is 7.66. The van der Waals surface area contributed by atoms with Crippen LogP contribution < -0.4 is 5.32 Å². The number of carboxylic acid groups (broad SMARTS) is 1. The van der Waals surface area contributed by atoms with Gasteiger partial charge in [0.1, 0.15) is 23.3 Å². The van der Waals surface area contributed by atoms with Crippen molar-refractivity contribution in [2.45, 2.75) is 84.1 Å². The number of alkyl carbamates (subject to hydrolysis) is 1. The van der Waals surface area contributed by atoms with E-state index in [2.05, 4.69) is 5.32 Å². The van der Waals surface area contributed by atoms with Crippen molar-refractivity contribution in [2.75, 3.05) is 6.54 Å². The van der Waals surface area contributed by atoms with Crippen LogP contribution in [0, 0.1) is 0 Å². The van der Waals surface area contributed by atoms with Crippen molar-refractivity contribution < 1.29 is 33.8 Å². The molecule has 0 aliphatic carbocycles. The summed E-state index contributed by atoms with van der Waals surface area (Å²) in [5, 5.41) is 12.9. The molecule has 2 N–H and O–H groups in total. The Bertz CT molecular complexity index is 1160. The molecule has 36 heavy (non-hydrogen) atoms. The van der Waals surface area contributed by atoms with E-state index in [0.717, 1.165) is 0 Å². The molecular formula is C26H35N3O7. The predicted molar refractivity (Wildman–Crippen MR) is 133 cm³/mol. The van der Waals surface area contributed by atoms with Gasteiger partial charge in [0.15, 0.2) is 0 Å². The van der Waals surface area contributed by atoms with Crippen LogP contribution >= 0.6 is 0 Å². The van der Waals surface area contributed by atoms with E-state index in [4.69, 9.17) is 9.47 Å². The molecule has 1 aliphatic rings. The molecule has 0 radical (unpaired) electrons. The Morgan fingerprint density at radius 3 is 2.31 bits per heavy atom. The summed E-state index contributed by atoms with van der Waals surface area (Å²) in [5.74, 6) is -1.60. The Balaban J connectivity index is 1.97. The number of hydrogen-bond donors (Lipinski definition) is 2. The summed E-state index contributed by atoms with van der Waals surface area (Å²) >= 11 is 0. The van der Waals surface area contributed by atoms with Crippen LogP contribution in [0.4, 0.5) is 9.59 Å². The second kappa shape index (κ2) is 10.2. The van der Waals surface area contributed by atoms with Crippen molar-refractivity contribution in [3.8, 4) is 0 Å². The van der Waals surface area contributed by atoms with Crippen molar-refractivity contribution >= 4 is 35.0 Å². The molecule has 0 unspecified atom stereocenters. The fourth-order valence-corrected chi connectivity index (χ4v) is 4.23. The fraction of sp³-hybridized carbons (Fsp3) is 0.538. The van der Waals surface area contributed by atoms with Crippen LogP contribution in [0.25, 0.3) is 10.9 Å². The van der Waals surface area contributed by atoms with Gasteiger partial charge in [0.25, 0.3) is 0 Å². The number of benzene rings is 1. The van der Waals surface area contributed by atoms with E-state index in [1.165, 1.54) is 9.47 Å². The maximum absolute atomic E-state index is 13.5. The first-order valence-electron chi connectivity index (χ1n) is 12.0. The second-order valence-corrected chi connectivity index (χ2v) is 11.0. The van der Waals surface area contributed by atoms with Gasteiger partial charge < -0.3 is 24.8 Å². The molecule has 10 heteroatoms. The molecule has 0 spiro atoms. The lowest BCUT2D eigenvalue weighted by molar-refractivity contribution is -0.149. The zero-order chi connectivity index (χ0) is 26.8. The van der Waals surface area contributed by atoms with Gasteiger partial charge in [0.05, 0.1) is 5.52 Å². The summed E-state index contributed by atoms with van der Waals surface area (Å²) in [6, 6.07) is 5.12. The second-order valence-electron chi connectivity index (χ2n) is 11.0. The first-order valence-corrected chi connectivity index (χ1v) is 12.0. The summed E-state index contributed by atoms with van der Waals surface area (Å²) in [7, 11) is 0. The number of aromatic nitrogens is 1. The molecule has 1 fully saturated rings. The maximum atomic E-state index is 13.5. The molecule has 1 saturated heterocycles. The highest BCUT2D eigenvalue weighted by Crippen LogP contribution is 2.26. The number of carbonyl (C=O) groups excluding carboxylic acids is 3. The van der Waals surface area contributed by atoms with Gasteiger partial charge in [-0.3, -0.25) is 9.36 Å². The van der Waals surface area contributed by atoms with Gasteiger partial charge in [-0.05, 0) is 66.0 Å². The standard InChI is InChI=1S/C26H35N3O7/c1-25(2,3)35-23(33)27-18(21(30)28-13-9-12-20(28)22(31)32)14-16-15-29(24(34)36-26(4,5)6)19-11-8-7-10-17(16)19/h7-8,10-11,15,18,20H,9,12-14H2,1-6H3,(H,27,33)(H,31,32)/t18-,20-/m0/s1. The maximum Gasteiger partial charge on any atom is 0.419 e. The number of nitrogens with zero attached hydrogens (tertiary/aromatic N) is 2. The molecule has 10 nitrogen and oxygen atoms in total. The summed E-state index contributed by atoms with van der Waals surface area (Å²) in [4.78, 5) is 52.0. The average molecular weight is 502 g/mol. The topological polar surface area (TPSA) is 127 Å². The number of aliphatic carboxylic acids is 1. The first kappa shape index (κ1) is 27.0. The number of nitrogens with one attached hydrogen (secondary N) is 1. The van der Waals surface area contributed by atoms with Gasteiger partial charge in [-0.2, -0.15) is 0 Å². The highest BCUT2D eigenvalue weighted by atomic mass is 16.6. The van der Waals surface area contributed by atoms with Crippen LogP contribution in [0.1, 0.15) is 59.9 Å². The minimum Gasteiger partial charge on any atom is -0.480 e. The minimum atomic E-state index is -1.10. The molecule has 1 aromatic carbocycles. The molecule has 0 bridgehead atoms. The van der Waals surface area contributed by atoms with Gasteiger partial charge in [0.2, 0.25) is 5.91 Å². The van der Waals surface area contributed by atoms with Gasteiger partial charge in [-0.25, -0.2) is 14.4 Å². The molecule has 3 rings (SSSR count). The quantitative estimate of drug-likeness (QED) is 0.635. The van der Waals surface area contributed by atoms with Crippen LogP contribution in [0.15, 0.2) is 30.5 Å². The highest BCUT2D eigenvalue weighted by Gasteiger charge is 2.38. The fourth-order valence-electron chi connectivity index (χ4n) is 4.23.